The summed E-state index contributed by atoms with van der Waals surface area (Å²) in [6.07, 6.45) is 2.53. The Morgan fingerprint density at radius 3 is 2.16 bits per heavy atom. The van der Waals surface area contributed by atoms with Gasteiger partial charge in [0, 0.05) is 56.7 Å². The van der Waals surface area contributed by atoms with Crippen molar-refractivity contribution in [3.63, 3.8) is 0 Å². The molecule has 2 heterocycles. The molecular formula is C20H32N4O. The van der Waals surface area contributed by atoms with Gasteiger partial charge in [-0.05, 0) is 56.9 Å². The molecule has 2 saturated heterocycles. The molecule has 5 heteroatoms. The van der Waals surface area contributed by atoms with Crippen LogP contribution in [0, 0.1) is 5.92 Å². The van der Waals surface area contributed by atoms with Gasteiger partial charge in [-0.15, -0.1) is 0 Å². The van der Waals surface area contributed by atoms with Crippen LogP contribution in [0.1, 0.15) is 33.6 Å². The van der Waals surface area contributed by atoms with E-state index in [4.69, 9.17) is 0 Å². The Bertz CT molecular complexity index is 556. The molecule has 0 aromatic heterocycles. The van der Waals surface area contributed by atoms with E-state index in [0.717, 1.165) is 50.9 Å². The first kappa shape index (κ1) is 18.1. The Morgan fingerprint density at radius 1 is 1.00 bits per heavy atom. The smallest absolute Gasteiger partial charge is 0.321 e. The molecule has 0 atom stereocenters. The highest BCUT2D eigenvalue weighted by Gasteiger charge is 2.22. The molecule has 2 fully saturated rings. The van der Waals surface area contributed by atoms with Crippen LogP contribution in [0.15, 0.2) is 24.3 Å². The third kappa shape index (κ3) is 4.66. The number of nitrogens with zero attached hydrogens (tertiary/aromatic N) is 3. The van der Waals surface area contributed by atoms with Gasteiger partial charge in [0.2, 0.25) is 0 Å². The second kappa shape index (κ2) is 8.09. The predicted molar refractivity (Wildman–Crippen MR) is 104 cm³/mol. The summed E-state index contributed by atoms with van der Waals surface area (Å²) < 4.78 is 0. The Labute approximate surface area is 152 Å². The minimum Gasteiger partial charge on any atom is -0.372 e. The van der Waals surface area contributed by atoms with Crippen LogP contribution < -0.4 is 10.2 Å². The van der Waals surface area contributed by atoms with Crippen molar-refractivity contribution in [1.82, 2.24) is 9.80 Å². The maximum absolute atomic E-state index is 12.5. The molecule has 2 aliphatic heterocycles. The van der Waals surface area contributed by atoms with Crippen LogP contribution in [-0.2, 0) is 0 Å². The lowest BCUT2D eigenvalue weighted by atomic mass is 9.99. The number of carbonyl (C=O) groups excluding carboxylic acids is 1. The third-order valence-electron chi connectivity index (χ3n) is 5.60. The van der Waals surface area contributed by atoms with Crippen molar-refractivity contribution < 1.29 is 4.79 Å². The van der Waals surface area contributed by atoms with Gasteiger partial charge in [0.05, 0.1) is 0 Å². The molecule has 5 nitrogen and oxygen atoms in total. The SMILES string of the molecule is CC1CCN(c2ccc(NC(=O)N3CCN(C(C)C)CC3)cc2)CC1. The molecule has 0 bridgehead atoms. The van der Waals surface area contributed by atoms with Gasteiger partial charge in [-0.25, -0.2) is 4.79 Å². The lowest BCUT2D eigenvalue weighted by molar-refractivity contribution is 0.125. The van der Waals surface area contributed by atoms with Gasteiger partial charge >= 0.3 is 6.03 Å². The fourth-order valence-electron chi connectivity index (χ4n) is 3.67. The number of urea groups is 1. The van der Waals surface area contributed by atoms with E-state index in [-0.39, 0.29) is 6.03 Å². The van der Waals surface area contributed by atoms with E-state index < -0.39 is 0 Å². The summed E-state index contributed by atoms with van der Waals surface area (Å²) in [5.41, 5.74) is 2.14. The van der Waals surface area contributed by atoms with Gasteiger partial charge in [-0.3, -0.25) is 4.90 Å². The van der Waals surface area contributed by atoms with E-state index in [1.54, 1.807) is 0 Å². The van der Waals surface area contributed by atoms with E-state index in [9.17, 15) is 4.79 Å². The number of piperidine rings is 1. The number of nitrogens with one attached hydrogen (secondary N) is 1. The Hall–Kier alpha value is -1.75. The zero-order chi connectivity index (χ0) is 17.8. The van der Waals surface area contributed by atoms with Gasteiger partial charge in [-0.2, -0.15) is 0 Å². The van der Waals surface area contributed by atoms with Crippen molar-refractivity contribution >= 4 is 17.4 Å². The first-order valence-electron chi connectivity index (χ1n) is 9.68. The molecule has 2 aliphatic rings. The van der Waals surface area contributed by atoms with Crippen molar-refractivity contribution in [1.29, 1.82) is 0 Å². The van der Waals surface area contributed by atoms with Crippen molar-refractivity contribution in [3.8, 4) is 0 Å². The number of piperazine rings is 1. The lowest BCUT2D eigenvalue weighted by Crippen LogP contribution is -2.51. The molecule has 0 saturated carbocycles. The highest BCUT2D eigenvalue weighted by molar-refractivity contribution is 5.89. The quantitative estimate of drug-likeness (QED) is 0.912. The standard InChI is InChI=1S/C20H32N4O/c1-16(2)22-12-14-24(15-13-22)20(25)21-18-4-6-19(7-5-18)23-10-8-17(3)9-11-23/h4-7,16-17H,8-15H2,1-3H3,(H,21,25). The number of carbonyl (C=O) groups is 1. The average molecular weight is 345 g/mol. The summed E-state index contributed by atoms with van der Waals surface area (Å²) in [5.74, 6) is 0.839. The average Bonchev–Trinajstić information content (AvgIpc) is 2.63. The molecule has 0 radical (unpaired) electrons. The summed E-state index contributed by atoms with van der Waals surface area (Å²) in [4.78, 5) is 19.2. The van der Waals surface area contributed by atoms with Gasteiger partial charge in [0.15, 0.2) is 0 Å². The highest BCUT2D eigenvalue weighted by Crippen LogP contribution is 2.24. The first-order valence-corrected chi connectivity index (χ1v) is 9.68. The minimum atomic E-state index is 0.0166. The third-order valence-corrected chi connectivity index (χ3v) is 5.60. The van der Waals surface area contributed by atoms with Crippen LogP contribution >= 0.6 is 0 Å². The number of anilines is 2. The van der Waals surface area contributed by atoms with E-state index >= 15 is 0 Å². The van der Waals surface area contributed by atoms with Crippen LogP contribution in [-0.4, -0.2) is 61.1 Å². The van der Waals surface area contributed by atoms with Gasteiger partial charge in [-0.1, -0.05) is 6.92 Å². The molecule has 1 N–H and O–H groups in total. The molecule has 0 unspecified atom stereocenters. The molecule has 2 amide bonds. The largest absolute Gasteiger partial charge is 0.372 e. The van der Waals surface area contributed by atoms with E-state index in [1.807, 2.05) is 17.0 Å². The highest BCUT2D eigenvalue weighted by atomic mass is 16.2. The minimum absolute atomic E-state index is 0.0166. The first-order chi connectivity index (χ1) is 12.0. The van der Waals surface area contributed by atoms with Crippen LogP contribution in [0.5, 0.6) is 0 Å². The van der Waals surface area contributed by atoms with Gasteiger partial charge < -0.3 is 15.1 Å². The monoisotopic (exact) mass is 344 g/mol. The lowest BCUT2D eigenvalue weighted by Gasteiger charge is -2.36. The van der Waals surface area contributed by atoms with Crippen molar-refractivity contribution in [2.75, 3.05) is 49.5 Å². The fraction of sp³-hybridized carbons (Fsp3) is 0.650. The molecular weight excluding hydrogens is 312 g/mol. The van der Waals surface area contributed by atoms with Gasteiger partial charge in [0.1, 0.15) is 0 Å². The Kier molecular flexibility index (Phi) is 5.84. The predicted octanol–water partition coefficient (Wildman–Crippen LogP) is 3.48. The van der Waals surface area contributed by atoms with E-state index in [0.29, 0.717) is 6.04 Å². The van der Waals surface area contributed by atoms with Crippen molar-refractivity contribution in [2.24, 2.45) is 5.92 Å². The summed E-state index contributed by atoms with van der Waals surface area (Å²) in [7, 11) is 0. The van der Waals surface area contributed by atoms with Crippen molar-refractivity contribution in [2.45, 2.75) is 39.7 Å². The van der Waals surface area contributed by atoms with E-state index in [2.05, 4.69) is 48.0 Å². The van der Waals surface area contributed by atoms with Crippen LogP contribution in [0.3, 0.4) is 0 Å². The summed E-state index contributed by atoms with van der Waals surface area (Å²) in [6.45, 7) is 12.5. The molecule has 0 spiro atoms. The molecule has 138 valence electrons. The maximum Gasteiger partial charge on any atom is 0.321 e. The number of rotatable bonds is 3. The maximum atomic E-state index is 12.5. The number of benzene rings is 1. The fourth-order valence-corrected chi connectivity index (χ4v) is 3.67. The van der Waals surface area contributed by atoms with Crippen LogP contribution in [0.25, 0.3) is 0 Å². The number of hydrogen-bond donors (Lipinski definition) is 1. The molecule has 1 aromatic rings. The number of hydrogen-bond acceptors (Lipinski definition) is 3. The summed E-state index contributed by atoms with van der Waals surface area (Å²) >= 11 is 0. The van der Waals surface area contributed by atoms with Crippen molar-refractivity contribution in [3.05, 3.63) is 24.3 Å². The topological polar surface area (TPSA) is 38.8 Å². The summed E-state index contributed by atoms with van der Waals surface area (Å²) in [5, 5.41) is 3.04. The zero-order valence-corrected chi connectivity index (χ0v) is 15.9. The van der Waals surface area contributed by atoms with Crippen LogP contribution in [0.2, 0.25) is 0 Å². The van der Waals surface area contributed by atoms with Crippen LogP contribution in [0.4, 0.5) is 16.2 Å². The molecule has 3 rings (SSSR count). The number of amides is 2. The van der Waals surface area contributed by atoms with E-state index in [1.165, 1.54) is 18.5 Å². The zero-order valence-electron chi connectivity index (χ0n) is 15.9. The summed E-state index contributed by atoms with van der Waals surface area (Å²) in [6, 6.07) is 8.87. The molecule has 25 heavy (non-hydrogen) atoms. The molecule has 0 aliphatic carbocycles. The Balaban J connectivity index is 1.50. The molecule has 1 aromatic carbocycles. The second-order valence-corrected chi connectivity index (χ2v) is 7.76. The normalized spacial score (nSPS) is 20.2. The van der Waals surface area contributed by atoms with Gasteiger partial charge in [0.25, 0.3) is 0 Å². The Morgan fingerprint density at radius 2 is 1.60 bits per heavy atom. The second-order valence-electron chi connectivity index (χ2n) is 7.76.